The third-order valence-corrected chi connectivity index (χ3v) is 2.88. The Bertz CT molecular complexity index is 304. The number of aromatic nitrogens is 1. The lowest BCUT2D eigenvalue weighted by Crippen LogP contribution is -2.37. The highest BCUT2D eigenvalue weighted by atomic mass is 16.3. The number of pyridine rings is 1. The molecule has 4 heteroatoms. The van der Waals surface area contributed by atoms with E-state index in [9.17, 15) is 10.2 Å². The van der Waals surface area contributed by atoms with E-state index in [4.69, 9.17) is 5.73 Å². The highest BCUT2D eigenvalue weighted by molar-refractivity contribution is 5.21. The summed E-state index contributed by atoms with van der Waals surface area (Å²) in [6.07, 6.45) is 2.39. The maximum absolute atomic E-state index is 9.51. The van der Waals surface area contributed by atoms with Gasteiger partial charge in [0.05, 0.1) is 12.2 Å². The fraction of sp³-hybridized carbons (Fsp3) is 0.500. The third kappa shape index (κ3) is 1.52. The maximum atomic E-state index is 9.51. The van der Waals surface area contributed by atoms with Gasteiger partial charge in [0.1, 0.15) is 0 Å². The normalized spacial score (nSPS) is 37.4. The molecule has 0 aromatic carbocycles. The molecule has 0 radical (unpaired) electrons. The molecule has 1 aliphatic rings. The highest BCUT2D eigenvalue weighted by Gasteiger charge is 2.39. The molecule has 1 saturated carbocycles. The van der Waals surface area contributed by atoms with Crippen LogP contribution < -0.4 is 5.73 Å². The molecule has 1 heterocycles. The summed E-state index contributed by atoms with van der Waals surface area (Å²) in [6, 6.07) is 3.36. The molecule has 0 bridgehead atoms. The molecule has 0 spiro atoms. The summed E-state index contributed by atoms with van der Waals surface area (Å²) in [5.41, 5.74) is 6.85. The Morgan fingerprint density at radius 1 is 1.29 bits per heavy atom. The van der Waals surface area contributed by atoms with Gasteiger partial charge in [-0.3, -0.25) is 4.98 Å². The Morgan fingerprint density at radius 3 is 2.43 bits per heavy atom. The van der Waals surface area contributed by atoms with Crippen molar-refractivity contribution in [2.45, 2.75) is 30.6 Å². The number of nitrogens with zero attached hydrogens (tertiary/aromatic N) is 1. The molecular weight excluding hydrogens is 180 g/mol. The molecule has 4 nitrogen and oxygen atoms in total. The van der Waals surface area contributed by atoms with E-state index < -0.39 is 12.2 Å². The lowest BCUT2D eigenvalue weighted by molar-refractivity contribution is 0.0363. The average molecular weight is 194 g/mol. The van der Waals surface area contributed by atoms with Gasteiger partial charge in [-0.15, -0.1) is 0 Å². The minimum atomic E-state index is -0.812. The first-order valence-corrected chi connectivity index (χ1v) is 4.72. The fourth-order valence-electron chi connectivity index (χ4n) is 2.02. The van der Waals surface area contributed by atoms with E-state index >= 15 is 0 Å². The number of rotatable bonds is 1. The van der Waals surface area contributed by atoms with Crippen LogP contribution in [0.3, 0.4) is 0 Å². The topological polar surface area (TPSA) is 79.4 Å². The molecule has 14 heavy (non-hydrogen) atoms. The monoisotopic (exact) mass is 194 g/mol. The first kappa shape index (κ1) is 9.58. The van der Waals surface area contributed by atoms with E-state index in [1.165, 1.54) is 0 Å². The van der Waals surface area contributed by atoms with Gasteiger partial charge in [-0.2, -0.15) is 0 Å². The molecule has 76 valence electrons. The Balaban J connectivity index is 2.21. The summed E-state index contributed by atoms with van der Waals surface area (Å²) >= 11 is 0. The maximum Gasteiger partial charge on any atom is 0.0955 e. The van der Waals surface area contributed by atoms with Crippen LogP contribution in [-0.4, -0.2) is 33.4 Å². The van der Waals surface area contributed by atoms with Crippen LogP contribution in [0.5, 0.6) is 0 Å². The number of hydrogen-bond donors (Lipinski definition) is 3. The van der Waals surface area contributed by atoms with Gasteiger partial charge in [0.15, 0.2) is 0 Å². The van der Waals surface area contributed by atoms with E-state index in [-0.39, 0.29) is 12.0 Å². The molecule has 0 saturated heterocycles. The molecule has 4 atom stereocenters. The van der Waals surface area contributed by atoms with Gasteiger partial charge in [-0.1, -0.05) is 0 Å². The summed E-state index contributed by atoms with van der Waals surface area (Å²) in [5, 5.41) is 19.0. The predicted octanol–water partition coefficient (Wildman–Crippen LogP) is -0.382. The number of aliphatic hydroxyl groups excluding tert-OH is 2. The van der Waals surface area contributed by atoms with Crippen LogP contribution in [0.2, 0.25) is 0 Å². The van der Waals surface area contributed by atoms with Gasteiger partial charge < -0.3 is 15.9 Å². The molecular formula is C10H14N2O2. The summed E-state index contributed by atoms with van der Waals surface area (Å²) < 4.78 is 0. The van der Waals surface area contributed by atoms with Crippen LogP contribution in [0.15, 0.2) is 24.5 Å². The first-order valence-electron chi connectivity index (χ1n) is 4.72. The second-order valence-corrected chi connectivity index (χ2v) is 3.76. The fourth-order valence-corrected chi connectivity index (χ4v) is 2.02. The van der Waals surface area contributed by atoms with Crippen molar-refractivity contribution in [2.75, 3.05) is 0 Å². The van der Waals surface area contributed by atoms with Crippen molar-refractivity contribution >= 4 is 0 Å². The van der Waals surface area contributed by atoms with Crippen molar-refractivity contribution in [3.05, 3.63) is 30.1 Å². The Morgan fingerprint density at radius 2 is 1.93 bits per heavy atom. The van der Waals surface area contributed by atoms with Crippen molar-refractivity contribution in [1.82, 2.24) is 4.98 Å². The van der Waals surface area contributed by atoms with Gasteiger partial charge >= 0.3 is 0 Å². The number of hydrogen-bond acceptors (Lipinski definition) is 4. The third-order valence-electron chi connectivity index (χ3n) is 2.88. The van der Waals surface area contributed by atoms with Crippen molar-refractivity contribution in [3.63, 3.8) is 0 Å². The van der Waals surface area contributed by atoms with Crippen LogP contribution in [-0.2, 0) is 0 Å². The van der Waals surface area contributed by atoms with E-state index in [1.54, 1.807) is 12.4 Å². The first-order chi connectivity index (χ1) is 6.70. The molecule has 1 aliphatic carbocycles. The van der Waals surface area contributed by atoms with Crippen LogP contribution in [0.4, 0.5) is 0 Å². The van der Waals surface area contributed by atoms with Crippen LogP contribution >= 0.6 is 0 Å². The second kappa shape index (κ2) is 3.65. The van der Waals surface area contributed by atoms with Gasteiger partial charge in [-0.25, -0.2) is 0 Å². The van der Waals surface area contributed by atoms with Crippen LogP contribution in [0.1, 0.15) is 17.9 Å². The Labute approximate surface area is 82.4 Å². The van der Waals surface area contributed by atoms with Crippen molar-refractivity contribution in [2.24, 2.45) is 5.73 Å². The molecule has 4 N–H and O–H groups in total. The molecule has 0 amide bonds. The van der Waals surface area contributed by atoms with Gasteiger partial charge in [0.2, 0.25) is 0 Å². The SMILES string of the molecule is N[C@@H]1C(c2ccncc2)C[C@@H](O)[C@H]1O. The molecule has 1 fully saturated rings. The summed E-state index contributed by atoms with van der Waals surface area (Å²) in [6.45, 7) is 0. The lowest BCUT2D eigenvalue weighted by atomic mass is 9.95. The Kier molecular flexibility index (Phi) is 2.50. The average Bonchev–Trinajstić information content (AvgIpc) is 2.47. The Hall–Kier alpha value is -0.970. The summed E-state index contributed by atoms with van der Waals surface area (Å²) in [7, 11) is 0. The zero-order valence-corrected chi connectivity index (χ0v) is 7.74. The highest BCUT2D eigenvalue weighted by Crippen LogP contribution is 2.33. The van der Waals surface area contributed by atoms with E-state index in [0.29, 0.717) is 6.42 Å². The van der Waals surface area contributed by atoms with Gasteiger partial charge in [-0.05, 0) is 24.1 Å². The molecule has 0 aliphatic heterocycles. The van der Waals surface area contributed by atoms with E-state index in [2.05, 4.69) is 4.98 Å². The summed E-state index contributed by atoms with van der Waals surface area (Å²) in [4.78, 5) is 3.91. The van der Waals surface area contributed by atoms with Gasteiger partial charge in [0.25, 0.3) is 0 Å². The van der Waals surface area contributed by atoms with Crippen molar-refractivity contribution in [3.8, 4) is 0 Å². The minimum absolute atomic E-state index is 0.0306. The van der Waals surface area contributed by atoms with Crippen molar-refractivity contribution < 1.29 is 10.2 Å². The van der Waals surface area contributed by atoms with Crippen molar-refractivity contribution in [1.29, 1.82) is 0 Å². The summed E-state index contributed by atoms with van der Waals surface area (Å²) in [5.74, 6) is 0.0306. The number of aliphatic hydroxyl groups is 2. The van der Waals surface area contributed by atoms with Crippen LogP contribution in [0, 0.1) is 0 Å². The molecule has 1 aromatic rings. The second-order valence-electron chi connectivity index (χ2n) is 3.76. The zero-order chi connectivity index (χ0) is 10.1. The zero-order valence-electron chi connectivity index (χ0n) is 7.74. The predicted molar refractivity (Wildman–Crippen MR) is 51.6 cm³/mol. The minimum Gasteiger partial charge on any atom is -0.390 e. The quantitative estimate of drug-likeness (QED) is 0.569. The van der Waals surface area contributed by atoms with E-state index in [0.717, 1.165) is 5.56 Å². The molecule has 2 rings (SSSR count). The van der Waals surface area contributed by atoms with E-state index in [1.807, 2.05) is 12.1 Å². The smallest absolute Gasteiger partial charge is 0.0955 e. The molecule has 1 aromatic heterocycles. The van der Waals surface area contributed by atoms with Crippen LogP contribution in [0.25, 0.3) is 0 Å². The lowest BCUT2D eigenvalue weighted by Gasteiger charge is -2.16. The number of nitrogens with two attached hydrogens (primary N) is 1. The largest absolute Gasteiger partial charge is 0.390 e. The van der Waals surface area contributed by atoms with Gasteiger partial charge in [0, 0.05) is 24.4 Å². The molecule has 1 unspecified atom stereocenters. The standard InChI is InChI=1S/C10H14N2O2/c11-9-7(5-8(13)10(9)14)6-1-3-12-4-2-6/h1-4,7-10,13-14H,5,11H2/t7?,8-,9-,10-/m1/s1.